The second-order valence-corrected chi connectivity index (χ2v) is 5.11. The van der Waals surface area contributed by atoms with Crippen LogP contribution in [0.3, 0.4) is 0 Å². The predicted molar refractivity (Wildman–Crippen MR) is 72.8 cm³/mol. The van der Waals surface area contributed by atoms with E-state index in [1.54, 1.807) is 7.11 Å². The summed E-state index contributed by atoms with van der Waals surface area (Å²) in [7, 11) is 1.72. The van der Waals surface area contributed by atoms with Gasteiger partial charge in [-0.05, 0) is 55.9 Å². The Morgan fingerprint density at radius 3 is 2.76 bits per heavy atom. The van der Waals surface area contributed by atoms with E-state index in [9.17, 15) is 0 Å². The summed E-state index contributed by atoms with van der Waals surface area (Å²) in [6, 6.07) is 7.00. The molecule has 2 unspecified atom stereocenters. The van der Waals surface area contributed by atoms with Crippen LogP contribution in [0, 0.1) is 12.8 Å². The number of rotatable bonds is 4. The van der Waals surface area contributed by atoms with E-state index in [2.05, 4.69) is 31.3 Å². The molecule has 0 saturated heterocycles. The van der Waals surface area contributed by atoms with Crippen molar-refractivity contribution in [2.75, 3.05) is 12.4 Å². The molecular formula is C15H23NO. The van der Waals surface area contributed by atoms with Crippen molar-refractivity contribution >= 4 is 5.69 Å². The highest BCUT2D eigenvalue weighted by Crippen LogP contribution is 2.31. The summed E-state index contributed by atoms with van der Waals surface area (Å²) >= 11 is 0. The minimum Gasteiger partial charge on any atom is -0.496 e. The van der Waals surface area contributed by atoms with Crippen LogP contribution in [0.25, 0.3) is 0 Å². The van der Waals surface area contributed by atoms with Gasteiger partial charge in [0, 0.05) is 11.7 Å². The molecule has 1 aliphatic carbocycles. The Labute approximate surface area is 104 Å². The van der Waals surface area contributed by atoms with Crippen molar-refractivity contribution in [1.82, 2.24) is 0 Å². The zero-order chi connectivity index (χ0) is 12.3. The third-order valence-electron chi connectivity index (χ3n) is 3.88. The fraction of sp³-hybridized carbons (Fsp3) is 0.600. The number of methoxy groups -OCH3 is 1. The lowest BCUT2D eigenvalue weighted by Gasteiger charge is -2.15. The maximum atomic E-state index is 5.28. The Balaban J connectivity index is 1.97. The van der Waals surface area contributed by atoms with E-state index in [4.69, 9.17) is 4.74 Å². The van der Waals surface area contributed by atoms with Crippen LogP contribution in [0.1, 0.15) is 38.2 Å². The smallest absolute Gasteiger partial charge is 0.121 e. The van der Waals surface area contributed by atoms with Crippen molar-refractivity contribution in [3.8, 4) is 5.75 Å². The van der Waals surface area contributed by atoms with Gasteiger partial charge in [0.05, 0.1) is 7.11 Å². The molecule has 2 rings (SSSR count). The van der Waals surface area contributed by atoms with Gasteiger partial charge in [-0.25, -0.2) is 0 Å². The van der Waals surface area contributed by atoms with Crippen molar-refractivity contribution in [3.05, 3.63) is 23.8 Å². The SMILES string of the molecule is CCC1CCC(Nc2ccc(OC)c(C)c2)C1. The molecule has 94 valence electrons. The molecule has 1 aliphatic rings. The molecule has 1 saturated carbocycles. The van der Waals surface area contributed by atoms with Crippen LogP contribution in [-0.4, -0.2) is 13.2 Å². The lowest BCUT2D eigenvalue weighted by Crippen LogP contribution is -2.15. The minimum atomic E-state index is 0.660. The van der Waals surface area contributed by atoms with Crippen LogP contribution < -0.4 is 10.1 Å². The Morgan fingerprint density at radius 1 is 1.35 bits per heavy atom. The summed E-state index contributed by atoms with van der Waals surface area (Å²) in [6.45, 7) is 4.39. The first-order valence-electron chi connectivity index (χ1n) is 6.64. The van der Waals surface area contributed by atoms with E-state index in [-0.39, 0.29) is 0 Å². The molecule has 0 amide bonds. The van der Waals surface area contributed by atoms with Crippen molar-refractivity contribution in [2.45, 2.75) is 45.6 Å². The number of benzene rings is 1. The van der Waals surface area contributed by atoms with Crippen LogP contribution in [-0.2, 0) is 0 Å². The molecular weight excluding hydrogens is 210 g/mol. The van der Waals surface area contributed by atoms with E-state index < -0.39 is 0 Å². The molecule has 1 aromatic carbocycles. The Bertz CT molecular complexity index is 375. The largest absolute Gasteiger partial charge is 0.496 e. The molecule has 2 heteroatoms. The summed E-state index contributed by atoms with van der Waals surface area (Å²) in [5.41, 5.74) is 2.42. The quantitative estimate of drug-likeness (QED) is 0.849. The third kappa shape index (κ3) is 2.93. The predicted octanol–water partition coefficient (Wildman–Crippen LogP) is 3.99. The van der Waals surface area contributed by atoms with Gasteiger partial charge in [-0.2, -0.15) is 0 Å². The summed E-state index contributed by atoms with van der Waals surface area (Å²) in [6.07, 6.45) is 5.33. The van der Waals surface area contributed by atoms with Gasteiger partial charge in [-0.15, -0.1) is 0 Å². The topological polar surface area (TPSA) is 21.3 Å². The highest BCUT2D eigenvalue weighted by atomic mass is 16.5. The van der Waals surface area contributed by atoms with Gasteiger partial charge in [0.2, 0.25) is 0 Å². The fourth-order valence-corrected chi connectivity index (χ4v) is 2.78. The molecule has 0 spiro atoms. The van der Waals surface area contributed by atoms with Crippen molar-refractivity contribution in [1.29, 1.82) is 0 Å². The average molecular weight is 233 g/mol. The van der Waals surface area contributed by atoms with E-state index in [1.165, 1.54) is 36.9 Å². The van der Waals surface area contributed by atoms with Crippen LogP contribution in [0.15, 0.2) is 18.2 Å². The Morgan fingerprint density at radius 2 is 2.18 bits per heavy atom. The van der Waals surface area contributed by atoms with Crippen LogP contribution >= 0.6 is 0 Å². The van der Waals surface area contributed by atoms with E-state index in [1.807, 2.05) is 6.07 Å². The van der Waals surface area contributed by atoms with Crippen LogP contribution in [0.5, 0.6) is 5.75 Å². The lowest BCUT2D eigenvalue weighted by atomic mass is 10.1. The summed E-state index contributed by atoms with van der Waals surface area (Å²) in [5.74, 6) is 1.89. The van der Waals surface area contributed by atoms with Gasteiger partial charge in [0.25, 0.3) is 0 Å². The lowest BCUT2D eigenvalue weighted by molar-refractivity contribution is 0.412. The zero-order valence-electron chi connectivity index (χ0n) is 11.1. The minimum absolute atomic E-state index is 0.660. The average Bonchev–Trinajstić information content (AvgIpc) is 2.77. The normalized spacial score (nSPS) is 23.7. The first-order chi connectivity index (χ1) is 8.22. The van der Waals surface area contributed by atoms with Crippen molar-refractivity contribution in [3.63, 3.8) is 0 Å². The second kappa shape index (κ2) is 5.44. The molecule has 0 aliphatic heterocycles. The molecule has 1 fully saturated rings. The van der Waals surface area contributed by atoms with E-state index in [0.717, 1.165) is 11.7 Å². The van der Waals surface area contributed by atoms with Crippen molar-refractivity contribution < 1.29 is 4.74 Å². The second-order valence-electron chi connectivity index (χ2n) is 5.11. The van der Waals surface area contributed by atoms with Gasteiger partial charge in [0.1, 0.15) is 5.75 Å². The summed E-state index contributed by atoms with van der Waals surface area (Å²) < 4.78 is 5.28. The number of hydrogen-bond acceptors (Lipinski definition) is 2. The highest BCUT2D eigenvalue weighted by Gasteiger charge is 2.22. The first-order valence-corrected chi connectivity index (χ1v) is 6.64. The maximum absolute atomic E-state index is 5.28. The Hall–Kier alpha value is -1.18. The molecule has 17 heavy (non-hydrogen) atoms. The Kier molecular flexibility index (Phi) is 3.93. The molecule has 1 N–H and O–H groups in total. The van der Waals surface area contributed by atoms with Crippen LogP contribution in [0.4, 0.5) is 5.69 Å². The molecule has 0 heterocycles. The number of ether oxygens (including phenoxy) is 1. The maximum Gasteiger partial charge on any atom is 0.121 e. The van der Waals surface area contributed by atoms with Gasteiger partial charge >= 0.3 is 0 Å². The summed E-state index contributed by atoms with van der Waals surface area (Å²) in [4.78, 5) is 0. The zero-order valence-corrected chi connectivity index (χ0v) is 11.1. The molecule has 0 radical (unpaired) electrons. The molecule has 1 aromatic rings. The monoisotopic (exact) mass is 233 g/mol. The first kappa shape index (κ1) is 12.3. The van der Waals surface area contributed by atoms with Gasteiger partial charge in [0.15, 0.2) is 0 Å². The molecule has 2 atom stereocenters. The molecule has 0 bridgehead atoms. The van der Waals surface area contributed by atoms with Gasteiger partial charge < -0.3 is 10.1 Å². The van der Waals surface area contributed by atoms with Gasteiger partial charge in [-0.1, -0.05) is 13.3 Å². The standard InChI is InChI=1S/C15H23NO/c1-4-12-5-6-14(10-12)16-13-7-8-15(17-3)11(2)9-13/h7-9,12,14,16H,4-6,10H2,1-3H3. The van der Waals surface area contributed by atoms with Crippen molar-refractivity contribution in [2.24, 2.45) is 5.92 Å². The molecule has 0 aromatic heterocycles. The number of nitrogens with one attached hydrogen (secondary N) is 1. The highest BCUT2D eigenvalue weighted by molar-refractivity contribution is 5.51. The number of anilines is 1. The fourth-order valence-electron chi connectivity index (χ4n) is 2.78. The molecule has 2 nitrogen and oxygen atoms in total. The number of hydrogen-bond donors (Lipinski definition) is 1. The van der Waals surface area contributed by atoms with Gasteiger partial charge in [-0.3, -0.25) is 0 Å². The van der Waals surface area contributed by atoms with E-state index in [0.29, 0.717) is 6.04 Å². The third-order valence-corrected chi connectivity index (χ3v) is 3.88. The number of aryl methyl sites for hydroxylation is 1. The summed E-state index contributed by atoms with van der Waals surface area (Å²) in [5, 5.41) is 3.64. The van der Waals surface area contributed by atoms with Crippen LogP contribution in [0.2, 0.25) is 0 Å². The van der Waals surface area contributed by atoms with E-state index >= 15 is 0 Å².